The molecular weight excluding hydrogens is 445 g/mol. The number of ether oxygens (including phenoxy) is 2. The summed E-state index contributed by atoms with van der Waals surface area (Å²) in [5, 5.41) is 11.5. The molecular formula is C21H16BrFNO5+. The number of fused-ring (bicyclic) bond motifs is 1. The highest BCUT2D eigenvalue weighted by Gasteiger charge is 2.36. The molecule has 2 aromatic carbocycles. The molecule has 0 aliphatic carbocycles. The summed E-state index contributed by atoms with van der Waals surface area (Å²) in [6.07, 6.45) is 1.44. The molecule has 0 atom stereocenters. The van der Waals surface area contributed by atoms with E-state index in [1.807, 2.05) is 6.07 Å². The van der Waals surface area contributed by atoms with Gasteiger partial charge in [0, 0.05) is 10.9 Å². The number of benzene rings is 2. The van der Waals surface area contributed by atoms with E-state index in [2.05, 4.69) is 20.7 Å². The Balaban J connectivity index is 2.49. The van der Waals surface area contributed by atoms with E-state index in [1.165, 1.54) is 22.9 Å². The smallest absolute Gasteiger partial charge is 0.408 e. The Kier molecular flexibility index (Phi) is 5.93. The summed E-state index contributed by atoms with van der Waals surface area (Å²) in [5.41, 5.74) is 0.648. The summed E-state index contributed by atoms with van der Waals surface area (Å²) in [6, 6.07) is 13.2. The highest BCUT2D eigenvalue weighted by Crippen LogP contribution is 2.33. The third-order valence-electron chi connectivity index (χ3n) is 4.24. The molecule has 0 spiro atoms. The summed E-state index contributed by atoms with van der Waals surface area (Å²) in [7, 11) is 2.19. The fraction of sp³-hybridized carbons (Fsp3) is 0.0952. The zero-order valence-corrected chi connectivity index (χ0v) is 17.1. The first-order valence-electron chi connectivity index (χ1n) is 8.38. The minimum atomic E-state index is -1.12. The van der Waals surface area contributed by atoms with Gasteiger partial charge in [-0.05, 0) is 46.3 Å². The molecule has 0 aliphatic rings. The normalized spacial score (nSPS) is 11.7. The van der Waals surface area contributed by atoms with Gasteiger partial charge < -0.3 is 14.6 Å². The lowest BCUT2D eigenvalue weighted by atomic mass is 10.1. The Morgan fingerprint density at radius 1 is 1.03 bits per heavy atom. The third kappa shape index (κ3) is 3.84. The minimum absolute atomic E-state index is 0.427. The topological polar surface area (TPSA) is 76.7 Å². The largest absolute Gasteiger partial charge is 0.497 e. The Bertz CT molecular complexity index is 1140. The predicted molar refractivity (Wildman–Crippen MR) is 107 cm³/mol. The fourth-order valence-electron chi connectivity index (χ4n) is 2.91. The molecule has 0 amide bonds. The first kappa shape index (κ1) is 20.5. The van der Waals surface area contributed by atoms with Crippen molar-refractivity contribution in [3.63, 3.8) is 0 Å². The number of rotatable bonds is 4. The zero-order valence-electron chi connectivity index (χ0n) is 15.5. The van der Waals surface area contributed by atoms with Gasteiger partial charge in [0.25, 0.3) is 5.76 Å². The Labute approximate surface area is 173 Å². The molecule has 148 valence electrons. The van der Waals surface area contributed by atoms with Gasteiger partial charge in [-0.2, -0.15) is 0 Å². The molecule has 29 heavy (non-hydrogen) atoms. The molecule has 0 unspecified atom stereocenters. The van der Waals surface area contributed by atoms with Crippen LogP contribution < -0.4 is 4.57 Å². The van der Waals surface area contributed by atoms with Crippen molar-refractivity contribution >= 4 is 44.3 Å². The number of pyridine rings is 1. The van der Waals surface area contributed by atoms with Crippen LogP contribution in [0.15, 0.2) is 65.0 Å². The van der Waals surface area contributed by atoms with Crippen LogP contribution in [0.4, 0.5) is 4.39 Å². The lowest BCUT2D eigenvalue weighted by Gasteiger charge is -2.11. The lowest BCUT2D eigenvalue weighted by Crippen LogP contribution is -2.41. The van der Waals surface area contributed by atoms with E-state index in [0.717, 1.165) is 14.2 Å². The molecule has 6 nitrogen and oxygen atoms in total. The Morgan fingerprint density at radius 2 is 1.69 bits per heavy atom. The van der Waals surface area contributed by atoms with E-state index in [4.69, 9.17) is 4.74 Å². The first-order chi connectivity index (χ1) is 13.9. The van der Waals surface area contributed by atoms with Crippen molar-refractivity contribution in [1.82, 2.24) is 0 Å². The van der Waals surface area contributed by atoms with Gasteiger partial charge in [0.05, 0.1) is 24.1 Å². The number of methoxy groups -OCH3 is 2. The number of hydrogen-bond donors (Lipinski definition) is 1. The molecule has 0 fully saturated rings. The average Bonchev–Trinajstić information content (AvgIpc) is 2.73. The van der Waals surface area contributed by atoms with Crippen molar-refractivity contribution in [2.45, 2.75) is 0 Å². The molecule has 3 rings (SSSR count). The van der Waals surface area contributed by atoms with Gasteiger partial charge in [-0.3, -0.25) is 0 Å². The van der Waals surface area contributed by atoms with Crippen molar-refractivity contribution < 1.29 is 33.1 Å². The number of aliphatic hydroxyl groups is 1. The van der Waals surface area contributed by atoms with Gasteiger partial charge in [-0.25, -0.2) is 14.0 Å². The van der Waals surface area contributed by atoms with Crippen LogP contribution in [0.1, 0.15) is 0 Å². The summed E-state index contributed by atoms with van der Waals surface area (Å²) in [4.78, 5) is 24.5. The van der Waals surface area contributed by atoms with E-state index in [1.54, 1.807) is 30.3 Å². The lowest BCUT2D eigenvalue weighted by molar-refractivity contribution is -0.566. The number of halogens is 2. The van der Waals surface area contributed by atoms with Gasteiger partial charge in [0.1, 0.15) is 5.82 Å². The molecule has 0 saturated heterocycles. The number of nitrogens with zero attached hydrogens (tertiary/aromatic N) is 1. The second-order valence-corrected chi connectivity index (χ2v) is 6.73. The van der Waals surface area contributed by atoms with Gasteiger partial charge in [-0.1, -0.05) is 18.2 Å². The van der Waals surface area contributed by atoms with E-state index >= 15 is 0 Å². The maximum Gasteiger partial charge on any atom is 0.408 e. The predicted octanol–water partition coefficient (Wildman–Crippen LogP) is 3.77. The van der Waals surface area contributed by atoms with Crippen molar-refractivity contribution in [2.24, 2.45) is 0 Å². The van der Waals surface area contributed by atoms with Crippen molar-refractivity contribution in [3.05, 3.63) is 70.8 Å². The SMILES string of the molecule is COC(=O)/C(O)=C(\C(=O)OC)[n+]1cc2cc(F)ccc2c(Br)c1-c1ccccc1. The molecule has 0 aliphatic heterocycles. The van der Waals surface area contributed by atoms with Gasteiger partial charge in [0.15, 0.2) is 6.20 Å². The standard InChI is InChI=1S/C21H15BrFNO5/c1-28-20(26)18(19(25)21(27)29-2)24-11-13-10-14(23)8-9-15(13)16(22)17(24)12-6-4-3-5-7-12/h3-11H,1-2H3/p+1. The summed E-state index contributed by atoms with van der Waals surface area (Å²) < 4.78 is 25.0. The second kappa shape index (κ2) is 8.40. The monoisotopic (exact) mass is 460 g/mol. The number of carbonyl (C=O) groups is 2. The number of aromatic nitrogens is 1. The second-order valence-electron chi connectivity index (χ2n) is 5.94. The van der Waals surface area contributed by atoms with Crippen LogP contribution in [0.25, 0.3) is 27.7 Å². The Morgan fingerprint density at radius 3 is 2.31 bits per heavy atom. The number of carbonyl (C=O) groups excluding carboxylic acids is 2. The molecule has 1 N–H and O–H groups in total. The minimum Gasteiger partial charge on any atom is -0.497 e. The maximum atomic E-state index is 13.8. The number of aliphatic hydroxyl groups excluding tert-OH is 1. The molecule has 1 heterocycles. The van der Waals surface area contributed by atoms with Gasteiger partial charge in [-0.15, -0.1) is 4.57 Å². The van der Waals surface area contributed by atoms with E-state index < -0.39 is 29.2 Å². The Hall–Kier alpha value is -3.26. The van der Waals surface area contributed by atoms with E-state index in [0.29, 0.717) is 26.5 Å². The zero-order chi connectivity index (χ0) is 21.1. The molecule has 3 aromatic rings. The molecule has 0 saturated carbocycles. The van der Waals surface area contributed by atoms with Crippen LogP contribution in [-0.2, 0) is 19.1 Å². The summed E-state index contributed by atoms with van der Waals surface area (Å²) in [6.45, 7) is 0. The highest BCUT2D eigenvalue weighted by atomic mass is 79.9. The van der Waals surface area contributed by atoms with Crippen LogP contribution in [0, 0.1) is 5.82 Å². The fourth-order valence-corrected chi connectivity index (χ4v) is 3.70. The van der Waals surface area contributed by atoms with Crippen LogP contribution in [0.3, 0.4) is 0 Å². The van der Waals surface area contributed by atoms with Gasteiger partial charge in [0.2, 0.25) is 5.69 Å². The first-order valence-corrected chi connectivity index (χ1v) is 9.17. The van der Waals surface area contributed by atoms with E-state index in [9.17, 15) is 19.1 Å². The van der Waals surface area contributed by atoms with Gasteiger partial charge >= 0.3 is 17.6 Å². The molecule has 0 radical (unpaired) electrons. The molecule has 8 heteroatoms. The van der Waals surface area contributed by atoms with Crippen molar-refractivity contribution in [3.8, 4) is 11.3 Å². The van der Waals surface area contributed by atoms with Crippen molar-refractivity contribution in [2.75, 3.05) is 14.2 Å². The quantitative estimate of drug-likeness (QED) is 0.277. The third-order valence-corrected chi connectivity index (χ3v) is 5.04. The van der Waals surface area contributed by atoms with E-state index in [-0.39, 0.29) is 0 Å². The van der Waals surface area contributed by atoms with Crippen LogP contribution >= 0.6 is 15.9 Å². The van der Waals surface area contributed by atoms with Crippen LogP contribution in [0.2, 0.25) is 0 Å². The summed E-state index contributed by atoms with van der Waals surface area (Å²) >= 11 is 3.52. The van der Waals surface area contributed by atoms with Crippen LogP contribution in [-0.4, -0.2) is 31.3 Å². The molecule has 1 aromatic heterocycles. The summed E-state index contributed by atoms with van der Waals surface area (Å²) in [5.74, 6) is -3.52. The van der Waals surface area contributed by atoms with Crippen LogP contribution in [0.5, 0.6) is 0 Å². The highest BCUT2D eigenvalue weighted by molar-refractivity contribution is 9.10. The average molecular weight is 461 g/mol. The molecule has 0 bridgehead atoms. The van der Waals surface area contributed by atoms with Crippen molar-refractivity contribution in [1.29, 1.82) is 0 Å². The number of esters is 2. The maximum absolute atomic E-state index is 13.8. The number of hydrogen-bond acceptors (Lipinski definition) is 5.